The van der Waals surface area contributed by atoms with Crippen LogP contribution in [0.2, 0.25) is 0 Å². The van der Waals surface area contributed by atoms with Crippen LogP contribution in [0.15, 0.2) is 30.3 Å². The van der Waals surface area contributed by atoms with Gasteiger partial charge in [-0.3, -0.25) is 0 Å². The molecule has 1 N–H and O–H groups in total. The molecule has 5 nitrogen and oxygen atoms in total. The molecule has 2 unspecified atom stereocenters. The first kappa shape index (κ1) is 20.6. The minimum absolute atomic E-state index is 0.0746. The van der Waals surface area contributed by atoms with Crippen molar-refractivity contribution in [2.75, 3.05) is 0 Å². The summed E-state index contributed by atoms with van der Waals surface area (Å²) in [6.07, 6.45) is 0.576. The van der Waals surface area contributed by atoms with E-state index in [-0.39, 0.29) is 12.5 Å². The van der Waals surface area contributed by atoms with Crippen LogP contribution >= 0.6 is 0 Å². The Morgan fingerprint density at radius 3 is 2.44 bits per heavy atom. The number of nitrogens with one attached hydrogen (secondary N) is 1. The third-order valence-corrected chi connectivity index (χ3v) is 3.37. The number of esters is 1. The van der Waals surface area contributed by atoms with E-state index in [0.717, 1.165) is 18.4 Å². The molecule has 0 heterocycles. The molecular weight excluding hydrogens is 318 g/mol. The van der Waals surface area contributed by atoms with Gasteiger partial charge in [0.25, 0.3) is 0 Å². The van der Waals surface area contributed by atoms with Gasteiger partial charge in [-0.1, -0.05) is 62.9 Å². The number of amides is 1. The topological polar surface area (TPSA) is 64.6 Å². The summed E-state index contributed by atoms with van der Waals surface area (Å²) in [7, 11) is 0. The largest absolute Gasteiger partial charge is 0.447 e. The van der Waals surface area contributed by atoms with E-state index in [4.69, 9.17) is 9.47 Å². The minimum Gasteiger partial charge on any atom is -0.447 e. The maximum atomic E-state index is 12.1. The van der Waals surface area contributed by atoms with E-state index in [1.54, 1.807) is 6.92 Å². The molecule has 1 rings (SSSR count). The average Bonchev–Trinajstić information content (AvgIpc) is 2.59. The van der Waals surface area contributed by atoms with Crippen molar-refractivity contribution in [3.05, 3.63) is 35.9 Å². The number of benzene rings is 1. The van der Waals surface area contributed by atoms with Crippen molar-refractivity contribution in [2.24, 2.45) is 5.92 Å². The number of unbranched alkanes of at least 4 members (excludes halogenated alkanes) is 1. The molecule has 1 amide bonds. The van der Waals surface area contributed by atoms with Crippen molar-refractivity contribution in [3.63, 3.8) is 0 Å². The molecule has 0 fully saturated rings. The predicted molar refractivity (Wildman–Crippen MR) is 96.6 cm³/mol. The molecule has 1 aromatic carbocycles. The fourth-order valence-corrected chi connectivity index (χ4v) is 1.86. The van der Waals surface area contributed by atoms with Crippen LogP contribution in [0.5, 0.6) is 0 Å². The van der Waals surface area contributed by atoms with Crippen LogP contribution in [0.3, 0.4) is 0 Å². The molecule has 0 spiro atoms. The van der Waals surface area contributed by atoms with Gasteiger partial charge in [0.2, 0.25) is 0 Å². The van der Waals surface area contributed by atoms with Crippen LogP contribution in [-0.2, 0) is 20.9 Å². The summed E-state index contributed by atoms with van der Waals surface area (Å²) in [6, 6.07) is 8.51. The molecular formula is C20H27NO4. The van der Waals surface area contributed by atoms with E-state index in [0.29, 0.717) is 0 Å². The Morgan fingerprint density at radius 2 is 1.84 bits per heavy atom. The van der Waals surface area contributed by atoms with Gasteiger partial charge in [-0.2, -0.15) is 0 Å². The Bertz CT molecular complexity index is 601. The SMILES string of the molecule is CCCC#CC(OC(=O)C(C)NC(=O)OCc1ccccc1)C(C)C. The molecule has 5 heteroatoms. The Balaban J connectivity index is 2.46. The van der Waals surface area contributed by atoms with Gasteiger partial charge in [-0.15, -0.1) is 0 Å². The lowest BCUT2D eigenvalue weighted by Crippen LogP contribution is -2.41. The van der Waals surface area contributed by atoms with Gasteiger partial charge in [0, 0.05) is 12.3 Å². The zero-order valence-corrected chi connectivity index (χ0v) is 15.4. The second-order valence-electron chi connectivity index (χ2n) is 6.10. The van der Waals surface area contributed by atoms with Crippen LogP contribution in [0, 0.1) is 17.8 Å². The number of carbonyl (C=O) groups is 2. The van der Waals surface area contributed by atoms with Crippen LogP contribution in [0.4, 0.5) is 4.79 Å². The first-order valence-electron chi connectivity index (χ1n) is 8.60. The fourth-order valence-electron chi connectivity index (χ4n) is 1.86. The normalized spacial score (nSPS) is 12.5. The molecule has 0 aliphatic carbocycles. The number of hydrogen-bond acceptors (Lipinski definition) is 4. The van der Waals surface area contributed by atoms with Gasteiger partial charge < -0.3 is 14.8 Å². The predicted octanol–water partition coefficient (Wildman–Crippen LogP) is 3.67. The van der Waals surface area contributed by atoms with Crippen LogP contribution < -0.4 is 5.32 Å². The standard InChI is InChI=1S/C20H27NO4/c1-5-6-8-13-18(15(2)3)25-19(22)16(4)21-20(23)24-14-17-11-9-7-10-12-17/h7,9-12,15-16,18H,5-6,14H2,1-4H3,(H,21,23). The van der Waals surface area contributed by atoms with Gasteiger partial charge in [-0.25, -0.2) is 9.59 Å². The van der Waals surface area contributed by atoms with E-state index in [1.165, 1.54) is 0 Å². The van der Waals surface area contributed by atoms with Gasteiger partial charge in [0.1, 0.15) is 12.6 Å². The van der Waals surface area contributed by atoms with Crippen molar-refractivity contribution >= 4 is 12.1 Å². The number of carbonyl (C=O) groups excluding carboxylic acids is 2. The molecule has 25 heavy (non-hydrogen) atoms. The molecule has 0 aliphatic heterocycles. The molecule has 0 radical (unpaired) electrons. The quantitative estimate of drug-likeness (QED) is 0.605. The van der Waals surface area contributed by atoms with E-state index < -0.39 is 24.2 Å². The van der Waals surface area contributed by atoms with Gasteiger partial charge >= 0.3 is 12.1 Å². The minimum atomic E-state index is -0.808. The van der Waals surface area contributed by atoms with Crippen LogP contribution in [0.1, 0.15) is 46.1 Å². The molecule has 1 aromatic rings. The van der Waals surface area contributed by atoms with Gasteiger partial charge in [0.05, 0.1) is 0 Å². The molecule has 0 saturated heterocycles. The Kier molecular flexibility index (Phi) is 9.16. The third kappa shape index (κ3) is 8.25. The van der Waals surface area contributed by atoms with E-state index in [2.05, 4.69) is 17.2 Å². The highest BCUT2D eigenvalue weighted by Gasteiger charge is 2.22. The highest BCUT2D eigenvalue weighted by molar-refractivity contribution is 5.81. The molecule has 0 aromatic heterocycles. The smallest absolute Gasteiger partial charge is 0.408 e. The summed E-state index contributed by atoms with van der Waals surface area (Å²) in [6.45, 7) is 7.61. The van der Waals surface area contributed by atoms with E-state index in [1.807, 2.05) is 51.1 Å². The van der Waals surface area contributed by atoms with Crippen LogP contribution in [0.25, 0.3) is 0 Å². The Labute approximate surface area is 150 Å². The number of alkyl carbamates (subject to hydrolysis) is 1. The highest BCUT2D eigenvalue weighted by atomic mass is 16.6. The average molecular weight is 345 g/mol. The first-order valence-corrected chi connectivity index (χ1v) is 8.60. The zero-order valence-electron chi connectivity index (χ0n) is 15.4. The summed E-state index contributed by atoms with van der Waals surface area (Å²) >= 11 is 0. The Morgan fingerprint density at radius 1 is 1.16 bits per heavy atom. The molecule has 0 aliphatic rings. The second kappa shape index (κ2) is 11.1. The molecule has 0 saturated carbocycles. The van der Waals surface area contributed by atoms with Crippen molar-refractivity contribution in [1.29, 1.82) is 0 Å². The lowest BCUT2D eigenvalue weighted by molar-refractivity contribution is -0.150. The maximum Gasteiger partial charge on any atom is 0.408 e. The lowest BCUT2D eigenvalue weighted by atomic mass is 10.1. The van der Waals surface area contributed by atoms with Crippen molar-refractivity contribution in [2.45, 2.75) is 59.3 Å². The monoisotopic (exact) mass is 345 g/mol. The molecule has 0 bridgehead atoms. The number of rotatable bonds is 7. The van der Waals surface area contributed by atoms with E-state index >= 15 is 0 Å². The summed E-state index contributed by atoms with van der Waals surface area (Å²) in [5.74, 6) is 5.52. The summed E-state index contributed by atoms with van der Waals surface area (Å²) < 4.78 is 10.5. The van der Waals surface area contributed by atoms with Crippen LogP contribution in [-0.4, -0.2) is 24.2 Å². The Hall–Kier alpha value is -2.48. The second-order valence-corrected chi connectivity index (χ2v) is 6.10. The molecule has 2 atom stereocenters. The van der Waals surface area contributed by atoms with Crippen molar-refractivity contribution in [1.82, 2.24) is 5.32 Å². The summed E-state index contributed by atoms with van der Waals surface area (Å²) in [5.41, 5.74) is 0.874. The van der Waals surface area contributed by atoms with Gasteiger partial charge in [-0.05, 0) is 18.9 Å². The molecule has 136 valence electrons. The fraction of sp³-hybridized carbons (Fsp3) is 0.500. The number of ether oxygens (including phenoxy) is 2. The lowest BCUT2D eigenvalue weighted by Gasteiger charge is -2.19. The first-order chi connectivity index (χ1) is 11.9. The van der Waals surface area contributed by atoms with E-state index in [9.17, 15) is 9.59 Å². The summed E-state index contributed by atoms with van der Waals surface area (Å²) in [4.78, 5) is 23.9. The summed E-state index contributed by atoms with van der Waals surface area (Å²) in [5, 5.41) is 2.48. The third-order valence-electron chi connectivity index (χ3n) is 3.37. The number of hydrogen-bond donors (Lipinski definition) is 1. The van der Waals surface area contributed by atoms with Gasteiger partial charge in [0.15, 0.2) is 6.10 Å². The van der Waals surface area contributed by atoms with Crippen molar-refractivity contribution < 1.29 is 19.1 Å². The van der Waals surface area contributed by atoms with Crippen molar-refractivity contribution in [3.8, 4) is 11.8 Å². The highest BCUT2D eigenvalue weighted by Crippen LogP contribution is 2.08. The maximum absolute atomic E-state index is 12.1. The zero-order chi connectivity index (χ0) is 18.7.